The van der Waals surface area contributed by atoms with Gasteiger partial charge in [-0.3, -0.25) is 0 Å². The van der Waals surface area contributed by atoms with Crippen LogP contribution >= 0.6 is 0 Å². The van der Waals surface area contributed by atoms with Crippen LogP contribution in [0, 0.1) is 0 Å². The van der Waals surface area contributed by atoms with Gasteiger partial charge in [-0.2, -0.15) is 0 Å². The number of nitrogens with zero attached hydrogens (tertiary/aromatic N) is 2. The van der Waals surface area contributed by atoms with Gasteiger partial charge >= 0.3 is 6.03 Å². The van der Waals surface area contributed by atoms with Crippen molar-refractivity contribution in [3.63, 3.8) is 0 Å². The van der Waals surface area contributed by atoms with Crippen molar-refractivity contribution in [2.75, 3.05) is 20.6 Å². The fourth-order valence-electron chi connectivity index (χ4n) is 0.906. The molecule has 0 N–H and O–H groups in total. The molecular weight excluding hydrogens is 128 g/mol. The fourth-order valence-corrected chi connectivity index (χ4v) is 0.906. The van der Waals surface area contributed by atoms with E-state index >= 15 is 0 Å². The Morgan fingerprint density at radius 1 is 1.60 bits per heavy atom. The summed E-state index contributed by atoms with van der Waals surface area (Å²) < 4.78 is 0. The van der Waals surface area contributed by atoms with Gasteiger partial charge in [-0.05, 0) is 6.42 Å². The Hall–Kier alpha value is -0.990. The van der Waals surface area contributed by atoms with Crippen LogP contribution in [0.1, 0.15) is 6.42 Å². The summed E-state index contributed by atoms with van der Waals surface area (Å²) in [6, 6.07) is 0.0637. The highest BCUT2D eigenvalue weighted by Crippen LogP contribution is 2.05. The predicted octanol–water partition coefficient (Wildman–Crippen LogP) is 0.887. The molecule has 0 fully saturated rings. The van der Waals surface area contributed by atoms with Gasteiger partial charge in [0.25, 0.3) is 0 Å². The van der Waals surface area contributed by atoms with Gasteiger partial charge in [-0.25, -0.2) is 4.79 Å². The molecular formula is C7H12N2O. The van der Waals surface area contributed by atoms with Gasteiger partial charge in [0, 0.05) is 26.8 Å². The summed E-state index contributed by atoms with van der Waals surface area (Å²) in [5.41, 5.74) is 0. The smallest absolute Gasteiger partial charge is 0.323 e. The fraction of sp³-hybridized carbons (Fsp3) is 0.571. The van der Waals surface area contributed by atoms with Crippen LogP contribution in [0.5, 0.6) is 0 Å². The molecule has 0 saturated heterocycles. The molecule has 0 aliphatic carbocycles. The summed E-state index contributed by atoms with van der Waals surface area (Å²) in [6.07, 6.45) is 4.82. The molecule has 1 aliphatic rings. The van der Waals surface area contributed by atoms with E-state index in [9.17, 15) is 4.79 Å². The quantitative estimate of drug-likeness (QED) is 0.490. The normalized spacial score (nSPS) is 16.0. The van der Waals surface area contributed by atoms with E-state index in [2.05, 4.69) is 0 Å². The Morgan fingerprint density at radius 2 is 2.30 bits per heavy atom. The van der Waals surface area contributed by atoms with E-state index in [1.165, 1.54) is 0 Å². The first-order valence-corrected chi connectivity index (χ1v) is 3.36. The van der Waals surface area contributed by atoms with E-state index in [1.54, 1.807) is 23.9 Å². The minimum absolute atomic E-state index is 0.0637. The van der Waals surface area contributed by atoms with Crippen molar-refractivity contribution in [3.05, 3.63) is 12.3 Å². The zero-order valence-electron chi connectivity index (χ0n) is 6.37. The molecule has 0 bridgehead atoms. The van der Waals surface area contributed by atoms with Crippen LogP contribution in [0.15, 0.2) is 12.3 Å². The molecule has 10 heavy (non-hydrogen) atoms. The Balaban J connectivity index is 2.49. The summed E-state index contributed by atoms with van der Waals surface area (Å²) in [7, 11) is 3.52. The van der Waals surface area contributed by atoms with Gasteiger partial charge in [0.2, 0.25) is 0 Å². The molecule has 0 radical (unpaired) electrons. The van der Waals surface area contributed by atoms with Crippen molar-refractivity contribution in [1.29, 1.82) is 0 Å². The largest absolute Gasteiger partial charge is 0.330 e. The minimum Gasteiger partial charge on any atom is -0.330 e. The zero-order chi connectivity index (χ0) is 7.56. The van der Waals surface area contributed by atoms with Gasteiger partial charge < -0.3 is 9.80 Å². The number of hydrogen-bond acceptors (Lipinski definition) is 1. The van der Waals surface area contributed by atoms with Crippen molar-refractivity contribution < 1.29 is 4.79 Å². The molecule has 0 spiro atoms. The second kappa shape index (κ2) is 2.73. The number of rotatable bonds is 0. The van der Waals surface area contributed by atoms with Crippen LogP contribution in [0.25, 0.3) is 0 Å². The molecule has 3 heteroatoms. The van der Waals surface area contributed by atoms with E-state index in [0.29, 0.717) is 0 Å². The highest BCUT2D eigenvalue weighted by atomic mass is 16.2. The maximum Gasteiger partial charge on any atom is 0.323 e. The van der Waals surface area contributed by atoms with Crippen LogP contribution in [0.4, 0.5) is 4.79 Å². The molecule has 3 nitrogen and oxygen atoms in total. The summed E-state index contributed by atoms with van der Waals surface area (Å²) in [5, 5.41) is 0. The Labute approximate surface area is 60.9 Å². The molecule has 0 atom stereocenters. The molecule has 1 rings (SSSR count). The van der Waals surface area contributed by atoms with E-state index in [4.69, 9.17) is 0 Å². The molecule has 56 valence electrons. The number of urea groups is 1. The maximum absolute atomic E-state index is 11.1. The van der Waals surface area contributed by atoms with Crippen LogP contribution in [0.3, 0.4) is 0 Å². The van der Waals surface area contributed by atoms with Gasteiger partial charge in [-0.1, -0.05) is 6.08 Å². The zero-order valence-corrected chi connectivity index (χ0v) is 6.37. The van der Waals surface area contributed by atoms with Crippen molar-refractivity contribution in [3.8, 4) is 0 Å². The third kappa shape index (κ3) is 1.29. The molecule has 0 aromatic heterocycles. The highest BCUT2D eigenvalue weighted by molar-refractivity contribution is 5.75. The third-order valence-electron chi connectivity index (χ3n) is 1.45. The van der Waals surface area contributed by atoms with Crippen molar-refractivity contribution >= 4 is 6.03 Å². The second-order valence-corrected chi connectivity index (χ2v) is 2.54. The molecule has 0 aromatic rings. The molecule has 1 aliphatic heterocycles. The average Bonchev–Trinajstić information content (AvgIpc) is 2.36. The lowest BCUT2D eigenvalue weighted by Gasteiger charge is -2.18. The minimum atomic E-state index is 0.0637. The molecule has 0 unspecified atom stereocenters. The molecule has 1 heterocycles. The first-order valence-electron chi connectivity index (χ1n) is 3.36. The lowest BCUT2D eigenvalue weighted by molar-refractivity contribution is 0.191. The number of amides is 2. The monoisotopic (exact) mass is 140 g/mol. The molecule has 0 saturated carbocycles. The lowest BCUT2D eigenvalue weighted by Crippen LogP contribution is -2.34. The highest BCUT2D eigenvalue weighted by Gasteiger charge is 2.14. The van der Waals surface area contributed by atoms with E-state index in [0.717, 1.165) is 13.0 Å². The number of carbonyl (C=O) groups is 1. The first kappa shape index (κ1) is 7.12. The van der Waals surface area contributed by atoms with E-state index < -0.39 is 0 Å². The predicted molar refractivity (Wildman–Crippen MR) is 39.5 cm³/mol. The Morgan fingerprint density at radius 3 is 2.70 bits per heavy atom. The van der Waals surface area contributed by atoms with Crippen LogP contribution < -0.4 is 0 Å². The Kier molecular flexibility index (Phi) is 1.94. The van der Waals surface area contributed by atoms with Crippen molar-refractivity contribution in [2.24, 2.45) is 0 Å². The van der Waals surface area contributed by atoms with Crippen LogP contribution in [0.2, 0.25) is 0 Å². The average molecular weight is 140 g/mol. The van der Waals surface area contributed by atoms with Crippen LogP contribution in [-0.2, 0) is 0 Å². The van der Waals surface area contributed by atoms with Crippen LogP contribution in [-0.4, -0.2) is 36.5 Å². The second-order valence-electron chi connectivity index (χ2n) is 2.54. The van der Waals surface area contributed by atoms with Gasteiger partial charge in [0.15, 0.2) is 0 Å². The standard InChI is InChI=1S/C7H12N2O/c1-8(2)7(10)9-5-3-4-6-9/h3,5H,4,6H2,1-2H3. The first-order chi connectivity index (χ1) is 4.72. The Bertz CT molecular complexity index is 163. The third-order valence-corrected chi connectivity index (χ3v) is 1.45. The van der Waals surface area contributed by atoms with Gasteiger partial charge in [0.1, 0.15) is 0 Å². The van der Waals surface area contributed by atoms with E-state index in [1.807, 2.05) is 12.3 Å². The maximum atomic E-state index is 11.1. The van der Waals surface area contributed by atoms with Crippen molar-refractivity contribution in [2.45, 2.75) is 6.42 Å². The molecule has 2 amide bonds. The summed E-state index contributed by atoms with van der Waals surface area (Å²) in [6.45, 7) is 0.830. The summed E-state index contributed by atoms with van der Waals surface area (Å²) in [5.74, 6) is 0. The van der Waals surface area contributed by atoms with Gasteiger partial charge in [-0.15, -0.1) is 0 Å². The SMILES string of the molecule is CN(C)C(=O)N1C=CCC1. The summed E-state index contributed by atoms with van der Waals surface area (Å²) >= 11 is 0. The molecule has 0 aromatic carbocycles. The van der Waals surface area contributed by atoms with Gasteiger partial charge in [0.05, 0.1) is 0 Å². The number of carbonyl (C=O) groups excluding carboxylic acids is 1. The van der Waals surface area contributed by atoms with Crippen molar-refractivity contribution in [1.82, 2.24) is 9.80 Å². The topological polar surface area (TPSA) is 23.6 Å². The van der Waals surface area contributed by atoms with E-state index in [-0.39, 0.29) is 6.03 Å². The summed E-state index contributed by atoms with van der Waals surface area (Å²) in [4.78, 5) is 14.4. The number of hydrogen-bond donors (Lipinski definition) is 0. The lowest BCUT2D eigenvalue weighted by atomic mass is 10.5.